The Hall–Kier alpha value is -3.30. The molecule has 0 spiro atoms. The first-order chi connectivity index (χ1) is 16.6. The summed E-state index contributed by atoms with van der Waals surface area (Å²) in [5, 5.41) is 11.2. The molecule has 4 rings (SSSR count). The molecular formula is C25H20ClF3N4OS. The lowest BCUT2D eigenvalue weighted by atomic mass is 10.1. The second-order valence-electron chi connectivity index (χ2n) is 7.81. The van der Waals surface area contributed by atoms with Crippen molar-refractivity contribution in [3.05, 3.63) is 88.4 Å². The molecule has 1 aromatic heterocycles. The van der Waals surface area contributed by atoms with E-state index in [4.69, 9.17) is 11.6 Å². The number of rotatable bonds is 6. The monoisotopic (exact) mass is 516 g/mol. The number of alkyl halides is 3. The van der Waals surface area contributed by atoms with Crippen molar-refractivity contribution in [1.82, 2.24) is 14.8 Å². The molecular weight excluding hydrogens is 497 g/mol. The second-order valence-corrected chi connectivity index (χ2v) is 9.16. The number of nitrogens with one attached hydrogen (secondary N) is 1. The quantitative estimate of drug-likeness (QED) is 0.282. The normalized spacial score (nSPS) is 11.5. The maximum Gasteiger partial charge on any atom is 0.417 e. The van der Waals surface area contributed by atoms with Crippen LogP contribution in [0, 0.1) is 13.8 Å². The van der Waals surface area contributed by atoms with Crippen molar-refractivity contribution in [2.45, 2.75) is 25.2 Å². The zero-order valence-electron chi connectivity index (χ0n) is 18.7. The summed E-state index contributed by atoms with van der Waals surface area (Å²) >= 11 is 6.79. The summed E-state index contributed by atoms with van der Waals surface area (Å²) in [4.78, 5) is 12.6. The van der Waals surface area contributed by atoms with Crippen molar-refractivity contribution < 1.29 is 18.0 Å². The van der Waals surface area contributed by atoms with Gasteiger partial charge in [0.15, 0.2) is 11.0 Å². The molecule has 0 aliphatic carbocycles. The lowest BCUT2D eigenvalue weighted by Crippen LogP contribution is -2.15. The van der Waals surface area contributed by atoms with Gasteiger partial charge < -0.3 is 5.32 Å². The molecule has 0 radical (unpaired) electrons. The van der Waals surface area contributed by atoms with Gasteiger partial charge in [0.1, 0.15) is 0 Å². The lowest BCUT2D eigenvalue weighted by Gasteiger charge is -2.13. The zero-order valence-corrected chi connectivity index (χ0v) is 20.3. The standard InChI is InChI=1S/C25H20ClF3N4OS/c1-15-8-10-19(12-16(15)2)33-23(17-6-4-3-5-7-17)31-32-24(33)35-14-22(34)30-18-9-11-21(26)20(13-18)25(27,28)29/h3-13H,14H2,1-2H3,(H,30,34). The van der Waals surface area contributed by atoms with Crippen LogP contribution in [0.5, 0.6) is 0 Å². The zero-order chi connectivity index (χ0) is 25.2. The number of aryl methyl sites for hydroxylation is 2. The van der Waals surface area contributed by atoms with Gasteiger partial charge in [-0.15, -0.1) is 10.2 Å². The molecule has 0 atom stereocenters. The minimum atomic E-state index is -4.62. The first-order valence-corrected chi connectivity index (χ1v) is 11.9. The highest BCUT2D eigenvalue weighted by molar-refractivity contribution is 7.99. The number of hydrogen-bond acceptors (Lipinski definition) is 4. The van der Waals surface area contributed by atoms with E-state index in [9.17, 15) is 18.0 Å². The molecule has 0 saturated heterocycles. The summed E-state index contributed by atoms with van der Waals surface area (Å²) < 4.78 is 41.2. The van der Waals surface area contributed by atoms with E-state index in [2.05, 4.69) is 15.5 Å². The molecule has 3 aromatic carbocycles. The van der Waals surface area contributed by atoms with Gasteiger partial charge in [-0.05, 0) is 55.3 Å². The number of thioether (sulfide) groups is 1. The number of carbonyl (C=O) groups is 1. The van der Waals surface area contributed by atoms with E-state index in [0.717, 1.165) is 46.3 Å². The smallest absolute Gasteiger partial charge is 0.325 e. The Bertz CT molecular complexity index is 1370. The predicted molar refractivity (Wildman–Crippen MR) is 132 cm³/mol. The minimum Gasteiger partial charge on any atom is -0.325 e. The van der Waals surface area contributed by atoms with Gasteiger partial charge in [-0.2, -0.15) is 13.2 Å². The Labute approximate surface area is 209 Å². The van der Waals surface area contributed by atoms with E-state index in [1.165, 1.54) is 6.07 Å². The van der Waals surface area contributed by atoms with Crippen molar-refractivity contribution >= 4 is 35.0 Å². The number of nitrogens with zero attached hydrogens (tertiary/aromatic N) is 3. The minimum absolute atomic E-state index is 0.00734. The molecule has 0 unspecified atom stereocenters. The molecule has 35 heavy (non-hydrogen) atoms. The second kappa shape index (κ2) is 10.1. The fourth-order valence-electron chi connectivity index (χ4n) is 3.38. The highest BCUT2D eigenvalue weighted by Crippen LogP contribution is 2.36. The van der Waals surface area contributed by atoms with Crippen molar-refractivity contribution in [2.24, 2.45) is 0 Å². The maximum absolute atomic E-state index is 13.1. The molecule has 180 valence electrons. The fourth-order valence-corrected chi connectivity index (χ4v) is 4.36. The maximum atomic E-state index is 13.1. The van der Waals surface area contributed by atoms with Crippen LogP contribution < -0.4 is 5.32 Å². The molecule has 0 aliphatic rings. The molecule has 4 aromatic rings. The van der Waals surface area contributed by atoms with E-state index in [0.29, 0.717) is 11.0 Å². The lowest BCUT2D eigenvalue weighted by molar-refractivity contribution is -0.137. The average Bonchev–Trinajstić information content (AvgIpc) is 3.24. The number of amides is 1. The van der Waals surface area contributed by atoms with Gasteiger partial charge in [-0.3, -0.25) is 9.36 Å². The first kappa shape index (κ1) is 24.8. The van der Waals surface area contributed by atoms with Crippen LogP contribution in [0.3, 0.4) is 0 Å². The highest BCUT2D eigenvalue weighted by atomic mass is 35.5. The van der Waals surface area contributed by atoms with Crippen LogP contribution in [0.2, 0.25) is 5.02 Å². The van der Waals surface area contributed by atoms with Gasteiger partial charge in [0.2, 0.25) is 5.91 Å². The number of aromatic nitrogens is 3. The van der Waals surface area contributed by atoms with E-state index in [-0.39, 0.29) is 11.4 Å². The third kappa shape index (κ3) is 5.68. The molecule has 1 heterocycles. The first-order valence-electron chi connectivity index (χ1n) is 10.5. The largest absolute Gasteiger partial charge is 0.417 e. The van der Waals surface area contributed by atoms with Gasteiger partial charge in [0.05, 0.1) is 22.0 Å². The fraction of sp³-hybridized carbons (Fsp3) is 0.160. The van der Waals surface area contributed by atoms with E-state index >= 15 is 0 Å². The van der Waals surface area contributed by atoms with Crippen molar-refractivity contribution in [3.63, 3.8) is 0 Å². The Balaban J connectivity index is 1.58. The highest BCUT2D eigenvalue weighted by Gasteiger charge is 2.33. The van der Waals surface area contributed by atoms with Crippen molar-refractivity contribution in [1.29, 1.82) is 0 Å². The molecule has 5 nitrogen and oxygen atoms in total. The van der Waals surface area contributed by atoms with E-state index in [1.807, 2.05) is 66.9 Å². The summed E-state index contributed by atoms with van der Waals surface area (Å²) in [5.41, 5.74) is 2.92. The Morgan fingerprint density at radius 1 is 1.00 bits per heavy atom. The topological polar surface area (TPSA) is 59.8 Å². The number of anilines is 1. The third-order valence-corrected chi connectivity index (χ3v) is 6.56. The van der Waals surface area contributed by atoms with Crippen LogP contribution in [0.4, 0.5) is 18.9 Å². The van der Waals surface area contributed by atoms with E-state index < -0.39 is 22.7 Å². The average molecular weight is 517 g/mol. The van der Waals surface area contributed by atoms with E-state index in [1.54, 1.807) is 0 Å². The van der Waals surface area contributed by atoms with Gasteiger partial charge in [-0.25, -0.2) is 0 Å². The van der Waals surface area contributed by atoms with Crippen LogP contribution in [-0.2, 0) is 11.0 Å². The Morgan fingerprint density at radius 2 is 1.74 bits per heavy atom. The Morgan fingerprint density at radius 3 is 2.43 bits per heavy atom. The molecule has 10 heteroatoms. The number of hydrogen-bond donors (Lipinski definition) is 1. The van der Waals surface area contributed by atoms with Gasteiger partial charge >= 0.3 is 6.18 Å². The molecule has 0 fully saturated rings. The summed E-state index contributed by atoms with van der Waals surface area (Å²) in [6, 6.07) is 18.8. The molecule has 0 aliphatic heterocycles. The van der Waals surface area contributed by atoms with Gasteiger partial charge in [0.25, 0.3) is 0 Å². The summed E-state index contributed by atoms with van der Waals surface area (Å²) in [5.74, 6) is 0.0486. The Kier molecular flexibility index (Phi) is 7.18. The van der Waals surface area contributed by atoms with Crippen LogP contribution in [0.15, 0.2) is 71.9 Å². The molecule has 0 saturated carbocycles. The number of carbonyl (C=O) groups excluding carboxylic acids is 1. The van der Waals surface area contributed by atoms with Gasteiger partial charge in [0, 0.05) is 11.3 Å². The summed E-state index contributed by atoms with van der Waals surface area (Å²) in [6.07, 6.45) is -4.62. The number of halogens is 4. The van der Waals surface area contributed by atoms with Gasteiger partial charge in [-0.1, -0.05) is 59.8 Å². The predicted octanol–water partition coefficient (Wildman–Crippen LogP) is 6.95. The summed E-state index contributed by atoms with van der Waals surface area (Å²) in [7, 11) is 0. The number of benzene rings is 3. The summed E-state index contributed by atoms with van der Waals surface area (Å²) in [6.45, 7) is 4.03. The van der Waals surface area contributed by atoms with Crippen molar-refractivity contribution in [2.75, 3.05) is 11.1 Å². The van der Waals surface area contributed by atoms with Crippen LogP contribution in [-0.4, -0.2) is 26.4 Å². The van der Waals surface area contributed by atoms with Crippen LogP contribution in [0.1, 0.15) is 16.7 Å². The third-order valence-electron chi connectivity index (χ3n) is 5.30. The molecule has 1 N–H and O–H groups in total. The van der Waals surface area contributed by atoms with Crippen LogP contribution in [0.25, 0.3) is 17.1 Å². The molecule has 0 bridgehead atoms. The van der Waals surface area contributed by atoms with Crippen molar-refractivity contribution in [3.8, 4) is 17.1 Å². The molecule has 1 amide bonds. The SMILES string of the molecule is Cc1ccc(-n2c(SCC(=O)Nc3ccc(Cl)c(C(F)(F)F)c3)nnc2-c2ccccc2)cc1C. The van der Waals surface area contributed by atoms with Crippen LogP contribution >= 0.6 is 23.4 Å².